The minimum Gasteiger partial charge on any atom is -0.444 e. The predicted molar refractivity (Wildman–Crippen MR) is 88.7 cm³/mol. The van der Waals surface area contributed by atoms with Gasteiger partial charge in [-0.15, -0.1) is 5.06 Å². The van der Waals surface area contributed by atoms with E-state index in [1.807, 2.05) is 20.8 Å². The van der Waals surface area contributed by atoms with Crippen molar-refractivity contribution in [3.05, 3.63) is 35.4 Å². The maximum Gasteiger partial charge on any atom is 0.407 e. The second-order valence-corrected chi connectivity index (χ2v) is 7.38. The first-order valence-corrected chi connectivity index (χ1v) is 8.34. The fourth-order valence-corrected chi connectivity index (χ4v) is 2.75. The molecule has 2 unspecified atom stereocenters. The zero-order chi connectivity index (χ0) is 18.2. The third-order valence-corrected chi connectivity index (χ3v) is 4.15. The van der Waals surface area contributed by atoms with Crippen LogP contribution in [0.15, 0.2) is 24.3 Å². The Bertz CT molecular complexity index is 675. The number of alkyl carbamates (subject to hydrolysis) is 1. The Morgan fingerprint density at radius 2 is 1.76 bits per heavy atom. The number of ether oxygens (including phenoxy) is 1. The summed E-state index contributed by atoms with van der Waals surface area (Å²) in [6.07, 6.45) is 0.429. The van der Waals surface area contributed by atoms with E-state index in [1.54, 1.807) is 24.3 Å². The van der Waals surface area contributed by atoms with E-state index in [2.05, 4.69) is 5.32 Å². The van der Waals surface area contributed by atoms with Gasteiger partial charge in [-0.1, -0.05) is 12.1 Å². The minimum absolute atomic E-state index is 0.208. The van der Waals surface area contributed by atoms with Crippen LogP contribution in [-0.4, -0.2) is 41.7 Å². The lowest BCUT2D eigenvalue weighted by atomic mass is 10.1. The summed E-state index contributed by atoms with van der Waals surface area (Å²) < 4.78 is 5.18. The molecule has 0 spiro atoms. The molecule has 1 aliphatic carbocycles. The average Bonchev–Trinajstić information content (AvgIpc) is 3.24. The third-order valence-electron chi connectivity index (χ3n) is 4.15. The second kappa shape index (κ2) is 6.48. The van der Waals surface area contributed by atoms with Gasteiger partial charge in [0.15, 0.2) is 0 Å². The highest BCUT2D eigenvalue weighted by Crippen LogP contribution is 2.38. The van der Waals surface area contributed by atoms with E-state index in [4.69, 9.17) is 9.57 Å². The van der Waals surface area contributed by atoms with Crippen molar-refractivity contribution in [3.63, 3.8) is 0 Å². The molecule has 2 aliphatic rings. The fourth-order valence-electron chi connectivity index (χ4n) is 2.75. The number of carbonyl (C=O) groups excluding carboxylic acids is 3. The largest absolute Gasteiger partial charge is 0.444 e. The van der Waals surface area contributed by atoms with Gasteiger partial charge in [-0.25, -0.2) is 4.79 Å². The molecule has 0 aromatic heterocycles. The number of rotatable bonds is 5. The van der Waals surface area contributed by atoms with E-state index >= 15 is 0 Å². The molecule has 1 aliphatic heterocycles. The molecule has 0 bridgehead atoms. The van der Waals surface area contributed by atoms with Crippen LogP contribution in [0.25, 0.3) is 0 Å². The number of carbonyl (C=O) groups is 3. The summed E-state index contributed by atoms with van der Waals surface area (Å²) in [5.41, 5.74) is 0.208. The maximum absolute atomic E-state index is 12.2. The van der Waals surface area contributed by atoms with E-state index in [0.29, 0.717) is 17.7 Å². The Labute approximate surface area is 146 Å². The summed E-state index contributed by atoms with van der Waals surface area (Å²) >= 11 is 0. The molecule has 7 heteroatoms. The summed E-state index contributed by atoms with van der Waals surface area (Å²) in [6, 6.07) is 6.66. The Hall–Kier alpha value is -2.41. The van der Waals surface area contributed by atoms with Gasteiger partial charge in [-0.2, -0.15) is 0 Å². The molecule has 1 heterocycles. The Morgan fingerprint density at radius 3 is 2.32 bits per heavy atom. The van der Waals surface area contributed by atoms with Crippen molar-refractivity contribution in [2.45, 2.75) is 32.8 Å². The Morgan fingerprint density at radius 1 is 1.16 bits per heavy atom. The van der Waals surface area contributed by atoms with Crippen LogP contribution >= 0.6 is 0 Å². The average molecular weight is 346 g/mol. The molecule has 134 valence electrons. The maximum atomic E-state index is 12.2. The van der Waals surface area contributed by atoms with Crippen LogP contribution in [0.4, 0.5) is 4.79 Å². The van der Waals surface area contributed by atoms with Crippen LogP contribution in [0.3, 0.4) is 0 Å². The highest BCUT2D eigenvalue weighted by Gasteiger charge is 2.41. The van der Waals surface area contributed by atoms with E-state index in [1.165, 1.54) is 0 Å². The van der Waals surface area contributed by atoms with Gasteiger partial charge in [-0.05, 0) is 51.2 Å². The minimum atomic E-state index is -0.526. The summed E-state index contributed by atoms with van der Waals surface area (Å²) in [4.78, 5) is 41.4. The molecule has 0 saturated heterocycles. The topological polar surface area (TPSA) is 84.9 Å². The number of amides is 3. The second-order valence-electron chi connectivity index (χ2n) is 7.38. The highest BCUT2D eigenvalue weighted by atomic mass is 16.7. The van der Waals surface area contributed by atoms with Gasteiger partial charge in [0.1, 0.15) is 5.60 Å². The van der Waals surface area contributed by atoms with Crippen LogP contribution in [0, 0.1) is 11.8 Å². The number of hydrogen-bond donors (Lipinski definition) is 1. The first kappa shape index (κ1) is 17.4. The van der Waals surface area contributed by atoms with E-state index in [0.717, 1.165) is 11.5 Å². The molecule has 3 rings (SSSR count). The van der Waals surface area contributed by atoms with Gasteiger partial charge in [0, 0.05) is 6.54 Å². The van der Waals surface area contributed by atoms with Crippen LogP contribution in [0.2, 0.25) is 0 Å². The Balaban J connectivity index is 1.42. The van der Waals surface area contributed by atoms with Gasteiger partial charge in [0.05, 0.1) is 17.7 Å². The molecule has 7 nitrogen and oxygen atoms in total. The van der Waals surface area contributed by atoms with E-state index < -0.39 is 23.5 Å². The molecular formula is C18H22N2O5. The van der Waals surface area contributed by atoms with Gasteiger partial charge >= 0.3 is 6.09 Å². The van der Waals surface area contributed by atoms with Crippen LogP contribution < -0.4 is 5.32 Å². The van der Waals surface area contributed by atoms with Gasteiger partial charge < -0.3 is 10.1 Å². The molecule has 1 aromatic rings. The van der Waals surface area contributed by atoms with Crippen molar-refractivity contribution >= 4 is 17.9 Å². The molecule has 1 N–H and O–H groups in total. The molecule has 1 aromatic carbocycles. The lowest BCUT2D eigenvalue weighted by molar-refractivity contribution is -0.0959. The number of nitrogens with zero attached hydrogens (tertiary/aromatic N) is 1. The number of nitrogens with one attached hydrogen (secondary N) is 1. The summed E-state index contributed by atoms with van der Waals surface area (Å²) in [5, 5.41) is 3.56. The van der Waals surface area contributed by atoms with Gasteiger partial charge in [-0.3, -0.25) is 14.4 Å². The zero-order valence-electron chi connectivity index (χ0n) is 14.6. The SMILES string of the molecule is CC(C)(C)OC(=O)NCC1CC1CON1C(=O)c2ccccc2C1=O. The lowest BCUT2D eigenvalue weighted by Gasteiger charge is -2.19. The normalized spacial score (nSPS) is 22.0. The zero-order valence-corrected chi connectivity index (χ0v) is 14.6. The molecule has 1 saturated carbocycles. The third kappa shape index (κ3) is 3.99. The first-order chi connectivity index (χ1) is 11.8. The van der Waals surface area contributed by atoms with Crippen LogP contribution in [0.5, 0.6) is 0 Å². The molecule has 25 heavy (non-hydrogen) atoms. The molecule has 2 atom stereocenters. The number of imide groups is 1. The lowest BCUT2D eigenvalue weighted by Crippen LogP contribution is -2.34. The quantitative estimate of drug-likeness (QED) is 0.828. The van der Waals surface area contributed by atoms with Crippen molar-refractivity contribution in [1.29, 1.82) is 0 Å². The fraction of sp³-hybridized carbons (Fsp3) is 0.500. The van der Waals surface area contributed by atoms with Crippen LogP contribution in [-0.2, 0) is 9.57 Å². The first-order valence-electron chi connectivity index (χ1n) is 8.34. The summed E-state index contributed by atoms with van der Waals surface area (Å²) in [6.45, 7) is 6.19. The van der Waals surface area contributed by atoms with Crippen molar-refractivity contribution < 1.29 is 24.0 Å². The summed E-state index contributed by atoms with van der Waals surface area (Å²) in [5.74, 6) is -0.378. The van der Waals surface area contributed by atoms with Crippen molar-refractivity contribution in [2.24, 2.45) is 11.8 Å². The van der Waals surface area contributed by atoms with Crippen molar-refractivity contribution in [2.75, 3.05) is 13.2 Å². The number of benzene rings is 1. The predicted octanol–water partition coefficient (Wildman–Crippen LogP) is 2.38. The molecule has 0 radical (unpaired) electrons. The molecule has 3 amide bonds. The number of hydroxylamine groups is 2. The highest BCUT2D eigenvalue weighted by molar-refractivity contribution is 6.20. The summed E-state index contributed by atoms with van der Waals surface area (Å²) in [7, 11) is 0. The van der Waals surface area contributed by atoms with Gasteiger partial charge in [0.2, 0.25) is 0 Å². The smallest absolute Gasteiger partial charge is 0.407 e. The van der Waals surface area contributed by atoms with Gasteiger partial charge in [0.25, 0.3) is 11.8 Å². The van der Waals surface area contributed by atoms with Crippen molar-refractivity contribution in [3.8, 4) is 0 Å². The van der Waals surface area contributed by atoms with Crippen LogP contribution in [0.1, 0.15) is 47.9 Å². The number of fused-ring (bicyclic) bond motifs is 1. The van der Waals surface area contributed by atoms with Crippen molar-refractivity contribution in [1.82, 2.24) is 10.4 Å². The molecular weight excluding hydrogens is 324 g/mol. The Kier molecular flexibility index (Phi) is 4.51. The van der Waals surface area contributed by atoms with E-state index in [9.17, 15) is 14.4 Å². The van der Waals surface area contributed by atoms with E-state index in [-0.39, 0.29) is 18.4 Å². The molecule has 1 fully saturated rings. The number of hydrogen-bond acceptors (Lipinski definition) is 5. The standard InChI is InChI=1S/C18H22N2O5/c1-18(2,3)25-17(23)19-9-11-8-12(11)10-24-20-15(21)13-6-4-5-7-14(13)16(20)22/h4-7,11-12H,8-10H2,1-3H3,(H,19,23). The monoisotopic (exact) mass is 346 g/mol.